The van der Waals surface area contributed by atoms with Gasteiger partial charge in [-0.25, -0.2) is 4.98 Å². The molecule has 0 aliphatic carbocycles. The summed E-state index contributed by atoms with van der Waals surface area (Å²) >= 11 is 0. The molecule has 2 aromatic rings. The number of aromatic nitrogens is 3. The third-order valence-corrected chi connectivity index (χ3v) is 1.86. The van der Waals surface area contributed by atoms with Gasteiger partial charge in [0.2, 0.25) is 0 Å². The summed E-state index contributed by atoms with van der Waals surface area (Å²) in [5.41, 5.74) is 2.17. The molecule has 0 bridgehead atoms. The molecule has 0 spiro atoms. The number of nitrogens with zero attached hydrogens (tertiary/aromatic N) is 3. The normalized spacial score (nSPS) is 10.6. The largest absolute Gasteiger partial charge is 0.294 e. The number of hydrogen-bond acceptors (Lipinski definition) is 3. The van der Waals surface area contributed by atoms with Crippen molar-refractivity contribution in [1.29, 1.82) is 0 Å². The second kappa shape index (κ2) is 2.65. The van der Waals surface area contributed by atoms with Gasteiger partial charge in [0.15, 0.2) is 11.4 Å². The van der Waals surface area contributed by atoms with Gasteiger partial charge in [0, 0.05) is 13.1 Å². The lowest BCUT2D eigenvalue weighted by Crippen LogP contribution is -2.01. The molecule has 0 amide bonds. The monoisotopic (exact) mass is 175 g/mol. The summed E-state index contributed by atoms with van der Waals surface area (Å²) in [5, 5.41) is 0. The van der Waals surface area contributed by atoms with E-state index in [1.165, 1.54) is 6.92 Å². The molecule has 0 saturated heterocycles. The summed E-state index contributed by atoms with van der Waals surface area (Å²) in [4.78, 5) is 19.3. The van der Waals surface area contributed by atoms with E-state index in [1.807, 2.05) is 13.1 Å². The highest BCUT2D eigenvalue weighted by Crippen LogP contribution is 2.06. The van der Waals surface area contributed by atoms with Crippen molar-refractivity contribution in [2.75, 3.05) is 0 Å². The highest BCUT2D eigenvalue weighted by Gasteiger charge is 2.06. The Morgan fingerprint density at radius 2 is 2.23 bits per heavy atom. The molecule has 0 aliphatic heterocycles. The van der Waals surface area contributed by atoms with Crippen LogP contribution in [0.1, 0.15) is 23.1 Å². The van der Waals surface area contributed by atoms with E-state index in [1.54, 1.807) is 16.8 Å². The van der Waals surface area contributed by atoms with Crippen molar-refractivity contribution in [3.8, 4) is 0 Å². The first-order valence-electron chi connectivity index (χ1n) is 3.99. The number of imidazole rings is 1. The van der Waals surface area contributed by atoms with Crippen LogP contribution in [0, 0.1) is 6.92 Å². The minimum Gasteiger partial charge on any atom is -0.294 e. The second-order valence-electron chi connectivity index (χ2n) is 2.96. The Hall–Kier alpha value is -1.71. The van der Waals surface area contributed by atoms with Crippen LogP contribution in [0.5, 0.6) is 0 Å². The van der Waals surface area contributed by atoms with Gasteiger partial charge in [0.25, 0.3) is 0 Å². The number of Topliss-reactive ketones (excluding diaryl/α,β-unsaturated/α-hetero) is 1. The Balaban J connectivity index is 2.82. The van der Waals surface area contributed by atoms with Gasteiger partial charge in [-0.3, -0.25) is 14.2 Å². The zero-order chi connectivity index (χ0) is 9.42. The van der Waals surface area contributed by atoms with Gasteiger partial charge in [-0.15, -0.1) is 0 Å². The van der Waals surface area contributed by atoms with Crippen molar-refractivity contribution >= 4 is 11.4 Å². The van der Waals surface area contributed by atoms with E-state index in [0.717, 1.165) is 5.69 Å². The van der Waals surface area contributed by atoms with Crippen LogP contribution in [0.3, 0.4) is 0 Å². The molecule has 0 fully saturated rings. The summed E-state index contributed by atoms with van der Waals surface area (Å²) in [5.74, 6) is -0.00417. The molecule has 0 saturated carbocycles. The molecular weight excluding hydrogens is 166 g/mol. The fourth-order valence-corrected chi connectivity index (χ4v) is 1.30. The maximum absolute atomic E-state index is 11.2. The number of fused-ring (bicyclic) bond motifs is 1. The van der Waals surface area contributed by atoms with E-state index in [2.05, 4.69) is 9.97 Å². The van der Waals surface area contributed by atoms with Gasteiger partial charge < -0.3 is 0 Å². The van der Waals surface area contributed by atoms with E-state index >= 15 is 0 Å². The Bertz CT molecular complexity index is 473. The highest BCUT2D eigenvalue weighted by atomic mass is 16.1. The molecule has 2 heterocycles. The second-order valence-corrected chi connectivity index (χ2v) is 2.96. The minimum atomic E-state index is -0.00417. The average Bonchev–Trinajstić information content (AvgIpc) is 2.43. The Labute approximate surface area is 75.2 Å². The molecule has 13 heavy (non-hydrogen) atoms. The van der Waals surface area contributed by atoms with E-state index in [4.69, 9.17) is 0 Å². The Morgan fingerprint density at radius 3 is 2.92 bits per heavy atom. The van der Waals surface area contributed by atoms with Crippen molar-refractivity contribution in [3.05, 3.63) is 30.0 Å². The van der Waals surface area contributed by atoms with Crippen molar-refractivity contribution in [3.63, 3.8) is 0 Å². The Kier molecular flexibility index (Phi) is 1.62. The number of ketones is 1. The first kappa shape index (κ1) is 7.91. The van der Waals surface area contributed by atoms with Crippen LogP contribution in [0.2, 0.25) is 0 Å². The smallest absolute Gasteiger partial charge is 0.178 e. The highest BCUT2D eigenvalue weighted by molar-refractivity contribution is 5.92. The van der Waals surface area contributed by atoms with Crippen LogP contribution in [0.4, 0.5) is 0 Å². The number of aryl methyl sites for hydroxylation is 1. The van der Waals surface area contributed by atoms with Crippen LogP contribution in [0.15, 0.2) is 18.6 Å². The molecule has 0 radical (unpaired) electrons. The third kappa shape index (κ3) is 1.20. The maximum Gasteiger partial charge on any atom is 0.178 e. The molecule has 0 aromatic carbocycles. The maximum atomic E-state index is 11.2. The predicted octanol–water partition coefficient (Wildman–Crippen LogP) is 1.24. The zero-order valence-electron chi connectivity index (χ0n) is 7.48. The molecule has 2 rings (SSSR count). The fraction of sp³-hybridized carbons (Fsp3) is 0.222. The summed E-state index contributed by atoms with van der Waals surface area (Å²) in [6.07, 6.45) is 5.02. The molecule has 0 unspecified atom stereocenters. The number of carbonyl (C=O) groups excluding carboxylic acids is 1. The van der Waals surface area contributed by atoms with Gasteiger partial charge in [-0.1, -0.05) is 0 Å². The van der Waals surface area contributed by atoms with Crippen LogP contribution < -0.4 is 0 Å². The lowest BCUT2D eigenvalue weighted by Gasteiger charge is -1.98. The molecule has 66 valence electrons. The summed E-state index contributed by atoms with van der Waals surface area (Å²) in [6.45, 7) is 3.41. The molecule has 4 heteroatoms. The van der Waals surface area contributed by atoms with Gasteiger partial charge in [-0.2, -0.15) is 0 Å². The van der Waals surface area contributed by atoms with Gasteiger partial charge in [0.1, 0.15) is 5.69 Å². The number of rotatable bonds is 1. The summed E-state index contributed by atoms with van der Waals surface area (Å²) < 4.78 is 1.75. The Morgan fingerprint density at radius 1 is 1.46 bits per heavy atom. The number of hydrogen-bond donors (Lipinski definition) is 0. The molecule has 2 aromatic heterocycles. The van der Waals surface area contributed by atoms with Crippen LogP contribution in [-0.2, 0) is 0 Å². The molecule has 0 atom stereocenters. The molecule has 0 aliphatic rings. The van der Waals surface area contributed by atoms with Crippen LogP contribution in [0.25, 0.3) is 5.65 Å². The predicted molar refractivity (Wildman–Crippen MR) is 47.7 cm³/mol. The van der Waals surface area contributed by atoms with Gasteiger partial charge in [-0.05, 0) is 6.92 Å². The van der Waals surface area contributed by atoms with E-state index < -0.39 is 0 Å². The van der Waals surface area contributed by atoms with Crippen LogP contribution >= 0.6 is 0 Å². The van der Waals surface area contributed by atoms with Crippen molar-refractivity contribution < 1.29 is 4.79 Å². The summed E-state index contributed by atoms with van der Waals surface area (Å²) in [6, 6.07) is 0. The van der Waals surface area contributed by atoms with E-state index in [0.29, 0.717) is 11.3 Å². The number of carbonyl (C=O) groups is 1. The van der Waals surface area contributed by atoms with Crippen LogP contribution in [-0.4, -0.2) is 20.2 Å². The zero-order valence-corrected chi connectivity index (χ0v) is 7.48. The first-order chi connectivity index (χ1) is 6.18. The molecule has 4 nitrogen and oxygen atoms in total. The van der Waals surface area contributed by atoms with Crippen molar-refractivity contribution in [2.24, 2.45) is 0 Å². The van der Waals surface area contributed by atoms with Crippen molar-refractivity contribution in [2.45, 2.75) is 13.8 Å². The lowest BCUT2D eigenvalue weighted by atomic mass is 10.3. The standard InChI is InChI=1S/C9H9N3O/c1-6-5-12-8(7(2)13)3-10-4-9(12)11-6/h3-5H,1-2H3. The fourth-order valence-electron chi connectivity index (χ4n) is 1.30. The topological polar surface area (TPSA) is 47.3 Å². The van der Waals surface area contributed by atoms with E-state index in [9.17, 15) is 4.79 Å². The SMILES string of the molecule is CC(=O)c1cncc2nc(C)cn12. The third-order valence-electron chi connectivity index (χ3n) is 1.86. The first-order valence-corrected chi connectivity index (χ1v) is 3.99. The minimum absolute atomic E-state index is 0.00417. The molecular formula is C9H9N3O. The average molecular weight is 175 g/mol. The van der Waals surface area contributed by atoms with Crippen molar-refractivity contribution in [1.82, 2.24) is 14.4 Å². The quantitative estimate of drug-likeness (QED) is 0.612. The van der Waals surface area contributed by atoms with Gasteiger partial charge in [0.05, 0.1) is 18.1 Å². The summed E-state index contributed by atoms with van der Waals surface area (Å²) in [7, 11) is 0. The van der Waals surface area contributed by atoms with E-state index in [-0.39, 0.29) is 5.78 Å². The molecule has 0 N–H and O–H groups in total. The lowest BCUT2D eigenvalue weighted by molar-refractivity contribution is 0.101. The van der Waals surface area contributed by atoms with Gasteiger partial charge >= 0.3 is 0 Å².